The number of hydrogen-bond acceptors (Lipinski definition) is 6. The molecule has 2 N–H and O–H groups in total. The molecular weight excluding hydrogens is 500 g/mol. The van der Waals surface area contributed by atoms with E-state index in [2.05, 4.69) is 21.2 Å². The van der Waals surface area contributed by atoms with Crippen LogP contribution in [0.4, 0.5) is 10.5 Å². The van der Waals surface area contributed by atoms with Crippen molar-refractivity contribution in [1.29, 1.82) is 0 Å². The van der Waals surface area contributed by atoms with E-state index >= 15 is 0 Å². The predicted octanol–water partition coefficient (Wildman–Crippen LogP) is 4.20. The average molecular weight is 519 g/mol. The van der Waals surface area contributed by atoms with Gasteiger partial charge < -0.3 is 15.2 Å². The zero-order chi connectivity index (χ0) is 23.4. The van der Waals surface area contributed by atoms with Crippen LogP contribution >= 0.6 is 27.7 Å². The number of amides is 3. The van der Waals surface area contributed by atoms with E-state index in [1.807, 2.05) is 19.9 Å². The lowest BCUT2D eigenvalue weighted by molar-refractivity contribution is -0.139. The topological polar surface area (TPSA) is 113 Å². The van der Waals surface area contributed by atoms with E-state index < -0.39 is 36.2 Å². The number of anilines is 1. The minimum Gasteiger partial charge on any atom is -0.481 e. The SMILES string of the molecule is Cc1cc(C)cc(NC(=O)CN2C(=O)S/C(=C/c3cc(Br)ccc3OCC(=O)O)C2=O)c1. The normalized spacial score (nSPS) is 14.7. The predicted molar refractivity (Wildman–Crippen MR) is 124 cm³/mol. The summed E-state index contributed by atoms with van der Waals surface area (Å²) in [5, 5.41) is 11.0. The Bertz CT molecular complexity index is 1130. The van der Waals surface area contributed by atoms with E-state index in [-0.39, 0.29) is 10.7 Å². The van der Waals surface area contributed by atoms with Gasteiger partial charge in [-0.15, -0.1) is 0 Å². The number of carbonyl (C=O) groups excluding carboxylic acids is 3. The third-order valence-electron chi connectivity index (χ3n) is 4.29. The summed E-state index contributed by atoms with van der Waals surface area (Å²) in [4.78, 5) is 49.3. The molecule has 166 valence electrons. The van der Waals surface area contributed by atoms with Crippen LogP contribution in [-0.4, -0.2) is 46.2 Å². The Hall–Kier alpha value is -3.11. The molecule has 1 saturated heterocycles. The van der Waals surface area contributed by atoms with Crippen LogP contribution in [0.15, 0.2) is 45.8 Å². The van der Waals surface area contributed by atoms with Gasteiger partial charge in [0.2, 0.25) is 5.91 Å². The Morgan fingerprint density at radius 3 is 2.50 bits per heavy atom. The van der Waals surface area contributed by atoms with Crippen molar-refractivity contribution in [2.75, 3.05) is 18.5 Å². The van der Waals surface area contributed by atoms with Gasteiger partial charge >= 0.3 is 5.97 Å². The number of nitrogens with zero attached hydrogens (tertiary/aromatic N) is 1. The fraction of sp³-hybridized carbons (Fsp3) is 0.182. The molecule has 0 aliphatic carbocycles. The van der Waals surface area contributed by atoms with Gasteiger partial charge in [-0.2, -0.15) is 0 Å². The lowest BCUT2D eigenvalue weighted by atomic mass is 10.1. The Labute approximate surface area is 196 Å². The fourth-order valence-electron chi connectivity index (χ4n) is 3.07. The number of carboxylic acid groups (broad SMARTS) is 1. The second-order valence-electron chi connectivity index (χ2n) is 7.06. The molecule has 8 nitrogen and oxygen atoms in total. The highest BCUT2D eigenvalue weighted by atomic mass is 79.9. The summed E-state index contributed by atoms with van der Waals surface area (Å²) in [7, 11) is 0. The average Bonchev–Trinajstić information content (AvgIpc) is 2.93. The molecule has 0 atom stereocenters. The van der Waals surface area contributed by atoms with Crippen LogP contribution < -0.4 is 10.1 Å². The van der Waals surface area contributed by atoms with Gasteiger partial charge in [-0.3, -0.25) is 19.3 Å². The van der Waals surface area contributed by atoms with E-state index in [1.54, 1.807) is 30.3 Å². The molecule has 10 heteroatoms. The molecule has 0 unspecified atom stereocenters. The molecule has 0 bridgehead atoms. The third kappa shape index (κ3) is 5.98. The van der Waals surface area contributed by atoms with Gasteiger partial charge in [-0.1, -0.05) is 22.0 Å². The summed E-state index contributed by atoms with van der Waals surface area (Å²) in [6.45, 7) is 2.83. The first-order valence-corrected chi connectivity index (χ1v) is 11.0. The van der Waals surface area contributed by atoms with E-state index in [9.17, 15) is 19.2 Å². The van der Waals surface area contributed by atoms with Crippen LogP contribution in [0.2, 0.25) is 0 Å². The monoisotopic (exact) mass is 518 g/mol. The first kappa shape index (κ1) is 23.6. The number of carbonyl (C=O) groups is 4. The summed E-state index contributed by atoms with van der Waals surface area (Å²) in [6, 6.07) is 10.4. The molecule has 0 saturated carbocycles. The maximum Gasteiger partial charge on any atom is 0.341 e. The van der Waals surface area contributed by atoms with Gasteiger partial charge in [0, 0.05) is 15.7 Å². The summed E-state index contributed by atoms with van der Waals surface area (Å²) in [6.07, 6.45) is 1.44. The first-order valence-electron chi connectivity index (χ1n) is 9.40. The van der Waals surface area contributed by atoms with Gasteiger partial charge in [0.05, 0.1) is 4.91 Å². The van der Waals surface area contributed by atoms with Crippen molar-refractivity contribution in [3.05, 3.63) is 62.5 Å². The van der Waals surface area contributed by atoms with Crippen LogP contribution in [0.25, 0.3) is 6.08 Å². The molecule has 3 rings (SSSR count). The highest BCUT2D eigenvalue weighted by Crippen LogP contribution is 2.34. The number of nitrogens with one attached hydrogen (secondary N) is 1. The molecule has 0 radical (unpaired) electrons. The number of carboxylic acids is 1. The highest BCUT2D eigenvalue weighted by molar-refractivity contribution is 9.10. The van der Waals surface area contributed by atoms with Crippen molar-refractivity contribution in [2.24, 2.45) is 0 Å². The zero-order valence-corrected chi connectivity index (χ0v) is 19.6. The molecule has 32 heavy (non-hydrogen) atoms. The third-order valence-corrected chi connectivity index (χ3v) is 5.69. The van der Waals surface area contributed by atoms with E-state index in [4.69, 9.17) is 9.84 Å². The molecule has 3 amide bonds. The van der Waals surface area contributed by atoms with Gasteiger partial charge in [0.1, 0.15) is 12.3 Å². The largest absolute Gasteiger partial charge is 0.481 e. The van der Waals surface area contributed by atoms with Gasteiger partial charge in [0.25, 0.3) is 11.1 Å². The molecule has 1 aliphatic heterocycles. The second-order valence-corrected chi connectivity index (χ2v) is 8.97. The lowest BCUT2D eigenvalue weighted by Crippen LogP contribution is -2.36. The first-order chi connectivity index (χ1) is 15.1. The molecule has 1 fully saturated rings. The number of aliphatic carboxylic acids is 1. The van der Waals surface area contributed by atoms with Crippen LogP contribution in [0, 0.1) is 13.8 Å². The Kier molecular flexibility index (Phi) is 7.37. The van der Waals surface area contributed by atoms with Crippen LogP contribution in [0.5, 0.6) is 5.75 Å². The number of hydrogen-bond donors (Lipinski definition) is 2. The van der Waals surface area contributed by atoms with Crippen molar-refractivity contribution in [2.45, 2.75) is 13.8 Å². The fourth-order valence-corrected chi connectivity index (χ4v) is 4.28. The number of rotatable bonds is 7. The van der Waals surface area contributed by atoms with E-state index in [0.717, 1.165) is 16.0 Å². The summed E-state index contributed by atoms with van der Waals surface area (Å²) in [5.74, 6) is -2.00. The van der Waals surface area contributed by atoms with E-state index in [1.165, 1.54) is 6.08 Å². The molecule has 2 aromatic rings. The quantitative estimate of drug-likeness (QED) is 0.527. The molecule has 0 aromatic heterocycles. The molecular formula is C22H19BrN2O6S. The second kappa shape index (κ2) is 10.0. The Balaban J connectivity index is 1.75. The Morgan fingerprint density at radius 2 is 1.84 bits per heavy atom. The molecule has 2 aromatic carbocycles. The van der Waals surface area contributed by atoms with Crippen molar-refractivity contribution >= 4 is 62.5 Å². The maximum absolute atomic E-state index is 12.8. The van der Waals surface area contributed by atoms with Crippen molar-refractivity contribution in [3.8, 4) is 5.75 Å². The summed E-state index contributed by atoms with van der Waals surface area (Å²) in [5.41, 5.74) is 2.96. The van der Waals surface area contributed by atoms with E-state index in [0.29, 0.717) is 27.5 Å². The summed E-state index contributed by atoms with van der Waals surface area (Å²) < 4.78 is 5.93. The minimum absolute atomic E-state index is 0.104. The minimum atomic E-state index is -1.14. The van der Waals surface area contributed by atoms with Gasteiger partial charge in [-0.25, -0.2) is 4.79 Å². The number of imide groups is 1. The van der Waals surface area contributed by atoms with Gasteiger partial charge in [-0.05, 0) is 73.1 Å². The number of aryl methyl sites for hydroxylation is 2. The Morgan fingerprint density at radius 1 is 1.16 bits per heavy atom. The number of ether oxygens (including phenoxy) is 1. The van der Waals surface area contributed by atoms with Crippen LogP contribution in [0.3, 0.4) is 0 Å². The standard InChI is InChI=1S/C22H19BrN2O6S/c1-12-5-13(2)7-16(6-12)24-19(26)10-25-21(29)18(32-22(25)30)9-14-8-15(23)3-4-17(14)31-11-20(27)28/h3-9H,10-11H2,1-2H3,(H,24,26)(H,27,28)/b18-9+. The number of thioether (sulfide) groups is 1. The zero-order valence-electron chi connectivity index (χ0n) is 17.2. The van der Waals surface area contributed by atoms with Crippen molar-refractivity contribution in [3.63, 3.8) is 0 Å². The molecule has 1 aliphatic rings. The number of halogens is 1. The maximum atomic E-state index is 12.8. The smallest absolute Gasteiger partial charge is 0.341 e. The highest BCUT2D eigenvalue weighted by Gasteiger charge is 2.36. The summed E-state index contributed by atoms with van der Waals surface area (Å²) >= 11 is 4.02. The lowest BCUT2D eigenvalue weighted by Gasteiger charge is -2.13. The van der Waals surface area contributed by atoms with Crippen LogP contribution in [-0.2, 0) is 14.4 Å². The van der Waals surface area contributed by atoms with Crippen LogP contribution in [0.1, 0.15) is 16.7 Å². The number of benzene rings is 2. The molecule has 0 spiro atoms. The molecule has 1 heterocycles. The van der Waals surface area contributed by atoms with Crippen molar-refractivity contribution < 1.29 is 29.0 Å². The van der Waals surface area contributed by atoms with Gasteiger partial charge in [0.15, 0.2) is 6.61 Å². The van der Waals surface area contributed by atoms with Crippen molar-refractivity contribution in [1.82, 2.24) is 4.90 Å².